The molecule has 0 aliphatic carbocycles. The number of rotatable bonds is 4. The average molecular weight is 414 g/mol. The van der Waals surface area contributed by atoms with Gasteiger partial charge in [0.15, 0.2) is 5.82 Å². The number of imidazole rings is 1. The second-order valence-corrected chi connectivity index (χ2v) is 7.96. The van der Waals surface area contributed by atoms with E-state index in [2.05, 4.69) is 21.1 Å². The van der Waals surface area contributed by atoms with Crippen LogP contribution >= 0.6 is 0 Å². The molecule has 4 aromatic rings. The first kappa shape index (κ1) is 19.4. The van der Waals surface area contributed by atoms with Crippen molar-refractivity contribution < 1.29 is 4.39 Å². The van der Waals surface area contributed by atoms with Gasteiger partial charge in [0.1, 0.15) is 23.8 Å². The van der Waals surface area contributed by atoms with Crippen molar-refractivity contribution in [3.05, 3.63) is 88.9 Å². The Morgan fingerprint density at radius 3 is 2.68 bits per heavy atom. The van der Waals surface area contributed by atoms with Gasteiger partial charge in [0, 0.05) is 24.9 Å². The largest absolute Gasteiger partial charge is 0.290 e. The zero-order chi connectivity index (χ0) is 21.4. The van der Waals surface area contributed by atoms with Crippen molar-refractivity contribution in [2.45, 2.75) is 39.2 Å². The SMILES string of the molecule is Cc1cn(-c2ncc(/C=C/c3nc4n(n3)CCC[C@H]4c3ccc(F)cc3)cc2C)cn1. The van der Waals surface area contributed by atoms with Gasteiger partial charge in [-0.05, 0) is 73.7 Å². The van der Waals surface area contributed by atoms with Crippen molar-refractivity contribution in [1.82, 2.24) is 29.3 Å². The van der Waals surface area contributed by atoms with Crippen molar-refractivity contribution in [1.29, 1.82) is 0 Å². The lowest BCUT2D eigenvalue weighted by atomic mass is 9.91. The third kappa shape index (κ3) is 3.91. The highest BCUT2D eigenvalue weighted by Crippen LogP contribution is 2.32. The molecule has 31 heavy (non-hydrogen) atoms. The van der Waals surface area contributed by atoms with E-state index in [1.165, 1.54) is 12.1 Å². The fourth-order valence-corrected chi connectivity index (χ4v) is 4.11. The van der Waals surface area contributed by atoms with Crippen molar-refractivity contribution in [3.63, 3.8) is 0 Å². The molecule has 0 saturated carbocycles. The van der Waals surface area contributed by atoms with Crippen LogP contribution < -0.4 is 0 Å². The van der Waals surface area contributed by atoms with E-state index in [-0.39, 0.29) is 11.7 Å². The van der Waals surface area contributed by atoms with Gasteiger partial charge < -0.3 is 0 Å². The zero-order valence-electron chi connectivity index (χ0n) is 17.5. The molecule has 1 aromatic carbocycles. The van der Waals surface area contributed by atoms with Crippen molar-refractivity contribution in [3.8, 4) is 5.82 Å². The number of hydrogen-bond acceptors (Lipinski definition) is 4. The lowest BCUT2D eigenvalue weighted by Gasteiger charge is -2.22. The van der Waals surface area contributed by atoms with E-state index < -0.39 is 0 Å². The number of halogens is 1. The number of benzene rings is 1. The van der Waals surface area contributed by atoms with E-state index in [1.54, 1.807) is 6.33 Å². The average Bonchev–Trinajstić information content (AvgIpc) is 3.38. The molecule has 0 unspecified atom stereocenters. The maximum Gasteiger partial charge on any atom is 0.174 e. The van der Waals surface area contributed by atoms with E-state index in [0.717, 1.165) is 53.4 Å². The van der Waals surface area contributed by atoms with Crippen LogP contribution in [0.2, 0.25) is 0 Å². The molecule has 1 atom stereocenters. The summed E-state index contributed by atoms with van der Waals surface area (Å²) in [7, 11) is 0. The number of pyridine rings is 1. The van der Waals surface area contributed by atoms with Crippen LogP contribution in [0.25, 0.3) is 18.0 Å². The molecule has 7 heteroatoms. The zero-order valence-corrected chi connectivity index (χ0v) is 17.5. The third-order valence-corrected chi connectivity index (χ3v) is 5.62. The van der Waals surface area contributed by atoms with E-state index >= 15 is 0 Å². The molecule has 156 valence electrons. The van der Waals surface area contributed by atoms with E-state index in [9.17, 15) is 4.39 Å². The number of fused-ring (bicyclic) bond motifs is 1. The molecule has 5 rings (SSSR count). The first-order chi connectivity index (χ1) is 15.1. The Labute approximate surface area is 180 Å². The van der Waals surface area contributed by atoms with Gasteiger partial charge in [0.05, 0.1) is 5.69 Å². The van der Waals surface area contributed by atoms with Crippen LogP contribution in [0.5, 0.6) is 0 Å². The molecule has 0 saturated heterocycles. The Balaban J connectivity index is 1.38. The predicted molar refractivity (Wildman–Crippen MR) is 117 cm³/mol. The Morgan fingerprint density at radius 2 is 1.94 bits per heavy atom. The highest BCUT2D eigenvalue weighted by atomic mass is 19.1. The molecule has 4 heterocycles. The molecule has 0 spiro atoms. The van der Waals surface area contributed by atoms with Crippen LogP contribution in [0.4, 0.5) is 4.39 Å². The number of hydrogen-bond donors (Lipinski definition) is 0. The summed E-state index contributed by atoms with van der Waals surface area (Å²) >= 11 is 0. The summed E-state index contributed by atoms with van der Waals surface area (Å²) < 4.78 is 17.2. The molecule has 0 radical (unpaired) electrons. The first-order valence-electron chi connectivity index (χ1n) is 10.4. The second-order valence-electron chi connectivity index (χ2n) is 7.96. The van der Waals surface area contributed by atoms with E-state index in [1.807, 2.05) is 59.8 Å². The molecular weight excluding hydrogens is 391 g/mol. The van der Waals surface area contributed by atoms with Gasteiger partial charge in [-0.2, -0.15) is 5.10 Å². The molecule has 3 aromatic heterocycles. The van der Waals surface area contributed by atoms with Crippen LogP contribution in [0.1, 0.15) is 52.8 Å². The van der Waals surface area contributed by atoms with Gasteiger partial charge in [-0.1, -0.05) is 12.1 Å². The summed E-state index contributed by atoms with van der Waals surface area (Å²) in [5.74, 6) is 2.41. The number of nitrogens with zero attached hydrogens (tertiary/aromatic N) is 6. The standard InChI is InChI=1S/C24H23FN6/c1-16-12-18(13-26-23(16)30-14-17(2)27-15-30)5-10-22-28-24-21(4-3-11-31(24)29-22)19-6-8-20(25)9-7-19/h5-10,12-15,21H,3-4,11H2,1-2H3/b10-5+/t21-/m0/s1. The highest BCUT2D eigenvalue weighted by molar-refractivity contribution is 5.67. The number of aromatic nitrogens is 6. The summed E-state index contributed by atoms with van der Waals surface area (Å²) in [5, 5.41) is 4.66. The first-order valence-corrected chi connectivity index (χ1v) is 10.4. The quantitative estimate of drug-likeness (QED) is 0.485. The van der Waals surface area contributed by atoms with Crippen molar-refractivity contribution in [2.24, 2.45) is 0 Å². The fraction of sp³-hybridized carbons (Fsp3) is 0.250. The maximum atomic E-state index is 13.3. The molecule has 0 fully saturated rings. The second kappa shape index (κ2) is 7.91. The highest BCUT2D eigenvalue weighted by Gasteiger charge is 2.25. The molecule has 6 nitrogen and oxygen atoms in total. The molecule has 0 N–H and O–H groups in total. The molecule has 0 bridgehead atoms. The van der Waals surface area contributed by atoms with Gasteiger partial charge in [-0.25, -0.2) is 24.0 Å². The van der Waals surface area contributed by atoms with Gasteiger partial charge >= 0.3 is 0 Å². The number of aryl methyl sites for hydroxylation is 3. The Morgan fingerprint density at radius 1 is 1.10 bits per heavy atom. The van der Waals surface area contributed by atoms with Gasteiger partial charge in [-0.15, -0.1) is 0 Å². The minimum Gasteiger partial charge on any atom is -0.290 e. The lowest BCUT2D eigenvalue weighted by Crippen LogP contribution is -2.17. The molecule has 0 amide bonds. The normalized spacial score (nSPS) is 16.0. The fourth-order valence-electron chi connectivity index (χ4n) is 4.11. The van der Waals surface area contributed by atoms with Gasteiger partial charge in [0.25, 0.3) is 0 Å². The van der Waals surface area contributed by atoms with Crippen LogP contribution in [0.15, 0.2) is 49.1 Å². The minimum absolute atomic E-state index is 0.144. The summed E-state index contributed by atoms with van der Waals surface area (Å²) in [6.45, 7) is 4.85. The van der Waals surface area contributed by atoms with Crippen LogP contribution in [-0.2, 0) is 6.54 Å². The summed E-state index contributed by atoms with van der Waals surface area (Å²) in [4.78, 5) is 13.6. The minimum atomic E-state index is -0.220. The summed E-state index contributed by atoms with van der Waals surface area (Å²) in [5.41, 5.74) is 4.09. The van der Waals surface area contributed by atoms with Crippen LogP contribution in [-0.4, -0.2) is 29.3 Å². The summed E-state index contributed by atoms with van der Waals surface area (Å²) in [6.07, 6.45) is 11.5. The van der Waals surface area contributed by atoms with E-state index in [0.29, 0.717) is 5.82 Å². The predicted octanol–water partition coefficient (Wildman–Crippen LogP) is 4.71. The maximum absolute atomic E-state index is 13.3. The van der Waals surface area contributed by atoms with Gasteiger partial charge in [-0.3, -0.25) is 4.57 Å². The Bertz CT molecular complexity index is 1250. The van der Waals surface area contributed by atoms with Crippen LogP contribution in [0, 0.1) is 19.7 Å². The smallest absolute Gasteiger partial charge is 0.174 e. The van der Waals surface area contributed by atoms with E-state index in [4.69, 9.17) is 4.98 Å². The molecular formula is C24H23FN6. The van der Waals surface area contributed by atoms with Crippen LogP contribution in [0.3, 0.4) is 0 Å². The topological polar surface area (TPSA) is 61.4 Å². The molecule has 1 aliphatic heterocycles. The monoisotopic (exact) mass is 414 g/mol. The van der Waals surface area contributed by atoms with Crippen molar-refractivity contribution in [2.75, 3.05) is 0 Å². The Kier molecular flexibility index (Phi) is 4.94. The molecule has 1 aliphatic rings. The van der Waals surface area contributed by atoms with Gasteiger partial charge in [0.2, 0.25) is 0 Å². The van der Waals surface area contributed by atoms with Crippen molar-refractivity contribution >= 4 is 12.2 Å². The summed E-state index contributed by atoms with van der Waals surface area (Å²) in [6, 6.07) is 8.80. The third-order valence-electron chi connectivity index (χ3n) is 5.62. The lowest BCUT2D eigenvalue weighted by molar-refractivity contribution is 0.445. The Hall–Kier alpha value is -3.61.